The molecule has 37 heavy (non-hydrogen) atoms. The molecule has 0 heterocycles. The van der Waals surface area contributed by atoms with E-state index >= 15 is 0 Å². The van der Waals surface area contributed by atoms with Crippen LogP contribution in [0.3, 0.4) is 0 Å². The van der Waals surface area contributed by atoms with Crippen molar-refractivity contribution in [2.24, 2.45) is 0 Å². The minimum atomic E-state index is -4.86. The lowest BCUT2D eigenvalue weighted by atomic mass is 9.96. The molecule has 3 rings (SSSR count). The van der Waals surface area contributed by atoms with E-state index in [0.29, 0.717) is 6.08 Å². The van der Waals surface area contributed by atoms with Gasteiger partial charge < -0.3 is 10.6 Å². The molecule has 1 unspecified atom stereocenters. The molecule has 1 fully saturated rings. The highest BCUT2D eigenvalue weighted by Crippen LogP contribution is 2.40. The molecule has 0 spiro atoms. The van der Waals surface area contributed by atoms with Gasteiger partial charge in [0.2, 0.25) is 5.91 Å². The lowest BCUT2D eigenvalue weighted by Crippen LogP contribution is -2.50. The molecule has 0 radical (unpaired) electrons. The first-order valence-electron chi connectivity index (χ1n) is 10.4. The third kappa shape index (κ3) is 7.38. The summed E-state index contributed by atoms with van der Waals surface area (Å²) in [5, 5.41) is 3.97. The van der Waals surface area contributed by atoms with Gasteiger partial charge in [0.15, 0.2) is 0 Å². The molecule has 0 bridgehead atoms. The van der Waals surface area contributed by atoms with Gasteiger partial charge in [-0.3, -0.25) is 9.59 Å². The molecule has 2 amide bonds. The van der Waals surface area contributed by atoms with Gasteiger partial charge in [-0.05, 0) is 64.7 Å². The second-order valence-electron chi connectivity index (χ2n) is 8.24. The number of alkyl halides is 6. The Morgan fingerprint density at radius 2 is 1.68 bits per heavy atom. The van der Waals surface area contributed by atoms with Crippen molar-refractivity contribution < 1.29 is 40.3 Å². The maximum atomic E-state index is 14.9. The summed E-state index contributed by atoms with van der Waals surface area (Å²) in [6.45, 7) is -1.56. The molecule has 2 aromatic rings. The highest BCUT2D eigenvalue weighted by Gasteiger charge is 2.52. The number of rotatable bonds is 7. The van der Waals surface area contributed by atoms with Crippen molar-refractivity contribution in [3.63, 3.8) is 0 Å². The zero-order valence-electron chi connectivity index (χ0n) is 18.3. The smallest absolute Gasteiger partial charge is 0.345 e. The maximum absolute atomic E-state index is 14.9. The van der Waals surface area contributed by atoms with Crippen molar-refractivity contribution in [3.8, 4) is 0 Å². The minimum Gasteiger partial charge on any atom is -0.345 e. The molecule has 1 saturated carbocycles. The van der Waals surface area contributed by atoms with Crippen LogP contribution in [0.2, 0.25) is 10.0 Å². The van der Waals surface area contributed by atoms with Gasteiger partial charge in [0.1, 0.15) is 23.8 Å². The van der Waals surface area contributed by atoms with Crippen molar-refractivity contribution in [1.29, 1.82) is 0 Å². The average molecular weight is 636 g/mol. The van der Waals surface area contributed by atoms with Crippen molar-refractivity contribution >= 4 is 56.8 Å². The number of amides is 2. The molecule has 0 saturated heterocycles. The van der Waals surface area contributed by atoms with Gasteiger partial charge >= 0.3 is 12.4 Å². The number of nitrogens with one attached hydrogen (secondary N) is 2. The predicted octanol–water partition coefficient (Wildman–Crippen LogP) is 7.35. The summed E-state index contributed by atoms with van der Waals surface area (Å²) in [5.41, 5.74) is -2.25. The number of hydrogen-bond donors (Lipinski definition) is 2. The van der Waals surface area contributed by atoms with Crippen LogP contribution in [0.25, 0.3) is 5.83 Å². The summed E-state index contributed by atoms with van der Waals surface area (Å²) >= 11 is 14.6. The van der Waals surface area contributed by atoms with E-state index in [9.17, 15) is 40.3 Å². The first-order chi connectivity index (χ1) is 17.0. The minimum absolute atomic E-state index is 0.0179. The molecule has 1 aliphatic rings. The normalized spacial score (nSPS) is 16.2. The fraction of sp³-hybridized carbons (Fsp3) is 0.304. The standard InChI is InChI=1S/C23H16BrCl2F7N2O2/c24-15-7-12(18(27)9-14(23(31,32)33)11-2-4-16(25)17(26)8-11)1-3-13(15)19(36)35-21(5-6-21)20(37)34-10-22(28,29)30/h1-4,7-9,14H,5-6,10H2,(H,34,37)(H,35,36). The summed E-state index contributed by atoms with van der Waals surface area (Å²) in [6, 6.07) is 6.42. The number of hydrogen-bond acceptors (Lipinski definition) is 2. The number of carbonyl (C=O) groups is 2. The summed E-state index contributed by atoms with van der Waals surface area (Å²) in [6.07, 6.45) is -8.91. The Hall–Kier alpha value is -2.31. The van der Waals surface area contributed by atoms with E-state index in [4.69, 9.17) is 23.2 Å². The van der Waals surface area contributed by atoms with Crippen LogP contribution in [-0.2, 0) is 4.79 Å². The molecule has 1 atom stereocenters. The Morgan fingerprint density at radius 3 is 2.19 bits per heavy atom. The summed E-state index contributed by atoms with van der Waals surface area (Å²) < 4.78 is 93.0. The lowest BCUT2D eigenvalue weighted by Gasteiger charge is -2.19. The third-order valence-electron chi connectivity index (χ3n) is 5.44. The number of halogens is 10. The Kier molecular flexibility index (Phi) is 8.55. The quantitative estimate of drug-likeness (QED) is 0.313. The van der Waals surface area contributed by atoms with Crippen LogP contribution in [0.1, 0.15) is 40.2 Å². The van der Waals surface area contributed by atoms with Crippen LogP contribution < -0.4 is 10.6 Å². The van der Waals surface area contributed by atoms with E-state index in [2.05, 4.69) is 21.2 Å². The predicted molar refractivity (Wildman–Crippen MR) is 127 cm³/mol. The van der Waals surface area contributed by atoms with Gasteiger partial charge in [-0.25, -0.2) is 4.39 Å². The van der Waals surface area contributed by atoms with Gasteiger partial charge in [-0.15, -0.1) is 0 Å². The zero-order valence-corrected chi connectivity index (χ0v) is 21.4. The highest BCUT2D eigenvalue weighted by atomic mass is 79.9. The van der Waals surface area contributed by atoms with Gasteiger partial charge in [0, 0.05) is 10.0 Å². The van der Waals surface area contributed by atoms with E-state index in [1.807, 2.05) is 0 Å². The van der Waals surface area contributed by atoms with Crippen LogP contribution in [0.5, 0.6) is 0 Å². The lowest BCUT2D eigenvalue weighted by molar-refractivity contribution is -0.140. The molecule has 2 aromatic carbocycles. The fourth-order valence-electron chi connectivity index (χ4n) is 3.34. The first-order valence-corrected chi connectivity index (χ1v) is 11.9. The Balaban J connectivity index is 1.80. The number of allylic oxidation sites excluding steroid dienone is 1. The Bertz CT molecular complexity index is 1240. The number of benzene rings is 2. The average Bonchev–Trinajstić information content (AvgIpc) is 3.56. The molecule has 0 aromatic heterocycles. The van der Waals surface area contributed by atoms with E-state index in [1.54, 1.807) is 5.32 Å². The molecule has 2 N–H and O–H groups in total. The van der Waals surface area contributed by atoms with Crippen molar-refractivity contribution in [2.45, 2.75) is 36.7 Å². The summed E-state index contributed by atoms with van der Waals surface area (Å²) in [7, 11) is 0. The van der Waals surface area contributed by atoms with Gasteiger partial charge in [-0.2, -0.15) is 26.3 Å². The second-order valence-corrected chi connectivity index (χ2v) is 9.90. The van der Waals surface area contributed by atoms with Gasteiger partial charge in [-0.1, -0.05) is 35.3 Å². The molecule has 4 nitrogen and oxygen atoms in total. The molecule has 14 heteroatoms. The van der Waals surface area contributed by atoms with E-state index in [0.717, 1.165) is 36.4 Å². The molecule has 200 valence electrons. The topological polar surface area (TPSA) is 58.2 Å². The van der Waals surface area contributed by atoms with E-state index in [1.165, 1.54) is 0 Å². The monoisotopic (exact) mass is 634 g/mol. The largest absolute Gasteiger partial charge is 0.405 e. The first kappa shape index (κ1) is 29.2. The van der Waals surface area contributed by atoms with Crippen LogP contribution in [0, 0.1) is 0 Å². The van der Waals surface area contributed by atoms with Crippen LogP contribution >= 0.6 is 39.1 Å². The van der Waals surface area contributed by atoms with Crippen LogP contribution in [0.4, 0.5) is 30.7 Å². The zero-order chi connectivity index (χ0) is 27.8. The van der Waals surface area contributed by atoms with Crippen LogP contribution in [0.15, 0.2) is 46.9 Å². The third-order valence-corrected chi connectivity index (χ3v) is 6.84. The summed E-state index contributed by atoms with van der Waals surface area (Å²) in [4.78, 5) is 24.7. The molecular weight excluding hydrogens is 620 g/mol. The van der Waals surface area contributed by atoms with Crippen molar-refractivity contribution in [1.82, 2.24) is 10.6 Å². The molecular formula is C23H16BrCl2F7N2O2. The van der Waals surface area contributed by atoms with Crippen molar-refractivity contribution in [2.75, 3.05) is 6.54 Å². The van der Waals surface area contributed by atoms with Crippen molar-refractivity contribution in [3.05, 3.63) is 73.7 Å². The van der Waals surface area contributed by atoms with Crippen LogP contribution in [-0.4, -0.2) is 36.3 Å². The van der Waals surface area contributed by atoms with Gasteiger partial charge in [0.05, 0.1) is 15.6 Å². The van der Waals surface area contributed by atoms with E-state index in [-0.39, 0.29) is 44.0 Å². The fourth-order valence-corrected chi connectivity index (χ4v) is 4.21. The maximum Gasteiger partial charge on any atom is 0.405 e. The molecule has 1 aliphatic carbocycles. The van der Waals surface area contributed by atoms with E-state index < -0.39 is 48.0 Å². The highest BCUT2D eigenvalue weighted by molar-refractivity contribution is 9.10. The Morgan fingerprint density at radius 1 is 1.03 bits per heavy atom. The summed E-state index contributed by atoms with van der Waals surface area (Å²) in [5.74, 6) is -5.44. The Labute approximate surface area is 224 Å². The number of carbonyl (C=O) groups excluding carboxylic acids is 2. The van der Waals surface area contributed by atoms with Gasteiger partial charge in [0.25, 0.3) is 5.91 Å². The SMILES string of the molecule is O=C(NC1(C(=O)NCC(F)(F)F)CC1)c1ccc(C(F)=CC(c2ccc(Cl)c(Cl)c2)C(F)(F)F)cc1Br. The second kappa shape index (κ2) is 10.8. The molecule has 0 aliphatic heterocycles.